The fourth-order valence-electron chi connectivity index (χ4n) is 4.40. The number of aliphatic hydroxyl groups excluding tert-OH is 1. The van der Waals surface area contributed by atoms with E-state index in [1.807, 2.05) is 29.8 Å². The highest BCUT2D eigenvalue weighted by Gasteiger charge is 2.28. The van der Waals surface area contributed by atoms with Crippen molar-refractivity contribution in [3.05, 3.63) is 42.2 Å². The Kier molecular flexibility index (Phi) is 4.97. The zero-order chi connectivity index (χ0) is 22.4. The molecule has 9 heteroatoms. The van der Waals surface area contributed by atoms with Gasteiger partial charge in [-0.05, 0) is 56.0 Å². The molecule has 0 bridgehead atoms. The van der Waals surface area contributed by atoms with Crippen molar-refractivity contribution in [2.24, 2.45) is 0 Å². The number of piperidine rings is 1. The van der Waals surface area contributed by atoms with Gasteiger partial charge in [-0.2, -0.15) is 0 Å². The van der Waals surface area contributed by atoms with Gasteiger partial charge in [0.15, 0.2) is 0 Å². The van der Waals surface area contributed by atoms with Crippen molar-refractivity contribution in [3.8, 4) is 11.1 Å². The molecule has 9 nitrogen and oxygen atoms in total. The molecule has 5 rings (SSSR count). The molecule has 1 aromatic carbocycles. The maximum absolute atomic E-state index is 12.1. The first-order valence-corrected chi connectivity index (χ1v) is 10.8. The van der Waals surface area contributed by atoms with Gasteiger partial charge in [-0.1, -0.05) is 11.3 Å². The van der Waals surface area contributed by atoms with Crippen LogP contribution in [0.25, 0.3) is 33.1 Å². The van der Waals surface area contributed by atoms with E-state index in [4.69, 9.17) is 5.73 Å². The minimum absolute atomic E-state index is 0.118. The molecular weight excluding hydrogens is 406 g/mol. The second-order valence-electron chi connectivity index (χ2n) is 8.42. The SMILES string of the molecule is Cc1cc(-c2ccc3ncc4nnn(C5CCN(C(=O)[C@H](C)O)CC5)c4c3c2)cnc1N. The predicted octanol–water partition coefficient (Wildman–Crippen LogP) is 2.48. The van der Waals surface area contributed by atoms with Crippen LogP contribution in [-0.2, 0) is 4.79 Å². The molecular formula is C23H25N7O2. The Balaban J connectivity index is 1.54. The first-order chi connectivity index (χ1) is 15.4. The van der Waals surface area contributed by atoms with Gasteiger partial charge in [-0.25, -0.2) is 9.67 Å². The van der Waals surface area contributed by atoms with Crippen molar-refractivity contribution in [1.29, 1.82) is 0 Å². The number of carbonyl (C=O) groups excluding carboxylic acids is 1. The molecule has 3 aromatic heterocycles. The monoisotopic (exact) mass is 431 g/mol. The van der Waals surface area contributed by atoms with Crippen LogP contribution in [0.4, 0.5) is 5.82 Å². The smallest absolute Gasteiger partial charge is 0.251 e. The summed E-state index contributed by atoms with van der Waals surface area (Å²) in [7, 11) is 0. The van der Waals surface area contributed by atoms with E-state index < -0.39 is 6.10 Å². The summed E-state index contributed by atoms with van der Waals surface area (Å²) < 4.78 is 1.97. The highest BCUT2D eigenvalue weighted by molar-refractivity contribution is 6.03. The number of rotatable bonds is 3. The lowest BCUT2D eigenvalue weighted by molar-refractivity contribution is -0.140. The second kappa shape index (κ2) is 7.83. The van der Waals surface area contributed by atoms with Crippen molar-refractivity contribution in [3.63, 3.8) is 0 Å². The quantitative estimate of drug-likeness (QED) is 0.511. The number of benzene rings is 1. The largest absolute Gasteiger partial charge is 0.384 e. The van der Waals surface area contributed by atoms with Gasteiger partial charge in [0.1, 0.15) is 23.0 Å². The number of aromatic nitrogens is 5. The molecule has 0 radical (unpaired) electrons. The van der Waals surface area contributed by atoms with E-state index in [-0.39, 0.29) is 11.9 Å². The van der Waals surface area contributed by atoms with Crippen molar-refractivity contribution >= 4 is 33.7 Å². The van der Waals surface area contributed by atoms with Crippen LogP contribution in [-0.4, -0.2) is 60.1 Å². The van der Waals surface area contributed by atoms with Crippen LogP contribution >= 0.6 is 0 Å². The van der Waals surface area contributed by atoms with Crippen LogP contribution in [0.5, 0.6) is 0 Å². The summed E-state index contributed by atoms with van der Waals surface area (Å²) in [6.07, 6.45) is 4.06. The molecule has 0 aliphatic carbocycles. The highest BCUT2D eigenvalue weighted by atomic mass is 16.3. The van der Waals surface area contributed by atoms with E-state index in [0.29, 0.717) is 18.9 Å². The number of likely N-dealkylation sites (tertiary alicyclic amines) is 1. The summed E-state index contributed by atoms with van der Waals surface area (Å²) in [6, 6.07) is 8.27. The topological polar surface area (TPSA) is 123 Å². The maximum atomic E-state index is 12.1. The molecule has 4 heterocycles. The molecule has 0 spiro atoms. The molecule has 32 heavy (non-hydrogen) atoms. The molecule has 1 aliphatic rings. The molecule has 1 amide bonds. The van der Waals surface area contributed by atoms with Crippen LogP contribution in [0.3, 0.4) is 0 Å². The van der Waals surface area contributed by atoms with Gasteiger partial charge in [-0.3, -0.25) is 9.78 Å². The van der Waals surface area contributed by atoms with Crippen LogP contribution in [0.1, 0.15) is 31.4 Å². The fraction of sp³-hybridized carbons (Fsp3) is 0.348. The Labute approximate surface area is 184 Å². The minimum atomic E-state index is -0.973. The van der Waals surface area contributed by atoms with Crippen molar-refractivity contribution in [1.82, 2.24) is 29.9 Å². The molecule has 3 N–H and O–H groups in total. The van der Waals surface area contributed by atoms with E-state index in [2.05, 4.69) is 26.3 Å². The number of aliphatic hydroxyl groups is 1. The summed E-state index contributed by atoms with van der Waals surface area (Å²) >= 11 is 0. The third-order valence-electron chi connectivity index (χ3n) is 6.23. The summed E-state index contributed by atoms with van der Waals surface area (Å²) in [4.78, 5) is 22.7. The summed E-state index contributed by atoms with van der Waals surface area (Å²) in [5.74, 6) is 0.305. The zero-order valence-corrected chi connectivity index (χ0v) is 18.1. The number of carbonyl (C=O) groups is 1. The van der Waals surface area contributed by atoms with E-state index in [0.717, 1.165) is 51.5 Å². The lowest BCUT2D eigenvalue weighted by Crippen LogP contribution is -2.43. The van der Waals surface area contributed by atoms with Crippen molar-refractivity contribution in [2.75, 3.05) is 18.8 Å². The number of amides is 1. The second-order valence-corrected chi connectivity index (χ2v) is 8.42. The van der Waals surface area contributed by atoms with Crippen LogP contribution in [0.2, 0.25) is 0 Å². The van der Waals surface area contributed by atoms with Crippen LogP contribution < -0.4 is 5.73 Å². The number of fused-ring (bicyclic) bond motifs is 3. The highest BCUT2D eigenvalue weighted by Crippen LogP contribution is 2.32. The van der Waals surface area contributed by atoms with Crippen molar-refractivity contribution < 1.29 is 9.90 Å². The van der Waals surface area contributed by atoms with Gasteiger partial charge in [0.25, 0.3) is 5.91 Å². The van der Waals surface area contributed by atoms with E-state index in [1.54, 1.807) is 17.3 Å². The van der Waals surface area contributed by atoms with E-state index in [1.165, 1.54) is 6.92 Å². The Bertz CT molecular complexity index is 1320. The Morgan fingerprint density at radius 2 is 1.91 bits per heavy atom. The van der Waals surface area contributed by atoms with Gasteiger partial charge in [-0.15, -0.1) is 5.10 Å². The van der Waals surface area contributed by atoms with Gasteiger partial charge in [0.2, 0.25) is 0 Å². The standard InChI is InChI=1S/C23H25N7O2/c1-13-9-16(11-26-22(13)24)15-3-4-19-18(10-15)21-20(12-25-19)27-28-30(21)17-5-7-29(8-6-17)23(32)14(2)31/h3-4,9-12,14,17,31H,5-8H2,1-2H3,(H2,24,26)/t14-/m0/s1. The van der Waals surface area contributed by atoms with E-state index >= 15 is 0 Å². The molecule has 0 saturated carbocycles. The lowest BCUT2D eigenvalue weighted by atomic mass is 10.0. The maximum Gasteiger partial charge on any atom is 0.251 e. The fourth-order valence-corrected chi connectivity index (χ4v) is 4.40. The number of nitrogen functional groups attached to an aromatic ring is 1. The summed E-state index contributed by atoms with van der Waals surface area (Å²) in [6.45, 7) is 4.62. The lowest BCUT2D eigenvalue weighted by Gasteiger charge is -2.32. The molecule has 4 aromatic rings. The molecule has 1 fully saturated rings. The molecule has 1 aliphatic heterocycles. The van der Waals surface area contributed by atoms with Crippen LogP contribution in [0.15, 0.2) is 36.7 Å². The first-order valence-electron chi connectivity index (χ1n) is 10.8. The average molecular weight is 432 g/mol. The number of hydrogen-bond donors (Lipinski definition) is 2. The number of aryl methyl sites for hydroxylation is 1. The number of nitrogens with two attached hydrogens (primary N) is 1. The molecule has 1 saturated heterocycles. The number of anilines is 1. The Morgan fingerprint density at radius 1 is 1.12 bits per heavy atom. The Hall–Kier alpha value is -3.59. The van der Waals surface area contributed by atoms with Crippen LogP contribution in [0, 0.1) is 6.92 Å². The van der Waals surface area contributed by atoms with Crippen molar-refractivity contribution in [2.45, 2.75) is 38.8 Å². The first kappa shape index (κ1) is 20.3. The number of nitrogens with zero attached hydrogens (tertiary/aromatic N) is 6. The third kappa shape index (κ3) is 3.44. The zero-order valence-electron chi connectivity index (χ0n) is 18.1. The third-order valence-corrected chi connectivity index (χ3v) is 6.23. The normalized spacial score (nSPS) is 16.0. The van der Waals surface area contributed by atoms with E-state index in [9.17, 15) is 9.90 Å². The summed E-state index contributed by atoms with van der Waals surface area (Å²) in [5.41, 5.74) is 11.4. The number of hydrogen-bond acceptors (Lipinski definition) is 7. The molecule has 1 atom stereocenters. The average Bonchev–Trinajstić information content (AvgIpc) is 3.25. The van der Waals surface area contributed by atoms with Gasteiger partial charge in [0.05, 0.1) is 17.8 Å². The number of pyridine rings is 2. The summed E-state index contributed by atoms with van der Waals surface area (Å²) in [5, 5.41) is 19.4. The minimum Gasteiger partial charge on any atom is -0.384 e. The predicted molar refractivity (Wildman–Crippen MR) is 122 cm³/mol. The van der Waals surface area contributed by atoms with Gasteiger partial charge >= 0.3 is 0 Å². The molecule has 0 unspecified atom stereocenters. The Morgan fingerprint density at radius 3 is 2.62 bits per heavy atom. The van der Waals surface area contributed by atoms with Gasteiger partial charge in [0, 0.05) is 30.2 Å². The van der Waals surface area contributed by atoms with Gasteiger partial charge < -0.3 is 15.7 Å². The molecule has 164 valence electrons.